The van der Waals surface area contributed by atoms with Crippen LogP contribution in [-0.2, 0) is 33.9 Å². The average Bonchev–Trinajstić information content (AvgIpc) is 4.05. The Morgan fingerprint density at radius 1 is 1.02 bits per heavy atom. The first-order valence-corrected chi connectivity index (χ1v) is 21.4. The number of hydrogen-bond acceptors (Lipinski definition) is 11. The topological polar surface area (TPSA) is 171 Å². The molecule has 3 fully saturated rings. The fourth-order valence-electron chi connectivity index (χ4n) is 8.35. The number of fused-ring (bicyclic) bond motifs is 3. The number of sulfonamides is 1. The zero-order valence-electron chi connectivity index (χ0n) is 32.9. The maximum absolute atomic E-state index is 15.0. The first kappa shape index (κ1) is 40.6. The molecule has 0 bridgehead atoms. The molecule has 1 aromatic heterocycles. The van der Waals surface area contributed by atoms with Crippen molar-refractivity contribution in [1.29, 1.82) is 0 Å². The smallest absolute Gasteiger partial charge is 0.307 e. The minimum Gasteiger partial charge on any atom is -0.476 e. The number of nitrogens with one attached hydrogen (secondary N) is 1. The molecule has 2 aliphatic carbocycles. The first-order chi connectivity index (χ1) is 26.0. The van der Waals surface area contributed by atoms with Crippen LogP contribution in [0.15, 0.2) is 36.4 Å². The number of ketones is 1. The molecule has 0 unspecified atom stereocenters. The number of Topliss-reactive ketones (excluding diaryl/α,β-unsaturated/α-hetero) is 1. The summed E-state index contributed by atoms with van der Waals surface area (Å²) in [5.74, 6) is -2.31. The van der Waals surface area contributed by atoms with Crippen molar-refractivity contribution in [3.05, 3.63) is 36.4 Å². The molecule has 300 valence electrons. The predicted molar refractivity (Wildman–Crippen MR) is 205 cm³/mol. The lowest BCUT2D eigenvalue weighted by atomic mass is 9.79. The van der Waals surface area contributed by atoms with Crippen molar-refractivity contribution in [3.63, 3.8) is 0 Å². The summed E-state index contributed by atoms with van der Waals surface area (Å²) in [6.07, 6.45) is 7.20. The molecule has 55 heavy (non-hydrogen) atoms. The van der Waals surface area contributed by atoms with Crippen LogP contribution < -0.4 is 14.2 Å². The van der Waals surface area contributed by atoms with E-state index in [0.717, 1.165) is 12.8 Å². The predicted octanol–water partition coefficient (Wildman–Crippen LogP) is 5.70. The van der Waals surface area contributed by atoms with Gasteiger partial charge in [0.25, 0.3) is 0 Å². The Labute approximate surface area is 324 Å². The summed E-state index contributed by atoms with van der Waals surface area (Å²) in [4.78, 5) is 58.4. The highest BCUT2D eigenvalue weighted by molar-refractivity contribution is 7.90. The van der Waals surface area contributed by atoms with Crippen LogP contribution in [0.3, 0.4) is 0 Å². The maximum Gasteiger partial charge on any atom is 0.307 e. The van der Waals surface area contributed by atoms with Crippen LogP contribution in [0.25, 0.3) is 10.8 Å². The number of esters is 1. The van der Waals surface area contributed by atoms with Gasteiger partial charge in [-0.1, -0.05) is 44.6 Å². The van der Waals surface area contributed by atoms with Gasteiger partial charge in [-0.25, -0.2) is 8.42 Å². The second kappa shape index (κ2) is 16.2. The number of allylic oxidation sites excluding steroid dienone is 2. The van der Waals surface area contributed by atoms with Gasteiger partial charge in [0.05, 0.1) is 53.0 Å². The van der Waals surface area contributed by atoms with Gasteiger partial charge in [-0.3, -0.25) is 23.9 Å². The molecule has 14 heteroatoms. The van der Waals surface area contributed by atoms with Crippen LogP contribution in [-0.4, -0.2) is 83.2 Å². The average molecular weight is 781 g/mol. The van der Waals surface area contributed by atoms with E-state index in [1.165, 1.54) is 4.90 Å². The zero-order valence-corrected chi connectivity index (χ0v) is 33.7. The lowest BCUT2D eigenvalue weighted by Gasteiger charge is -2.33. The highest BCUT2D eigenvalue weighted by Crippen LogP contribution is 2.57. The molecule has 2 aliphatic heterocycles. The van der Waals surface area contributed by atoms with Crippen LogP contribution in [0.4, 0.5) is 0 Å². The molecular weight excluding hydrogens is 725 g/mol. The molecule has 0 spiro atoms. The quantitative estimate of drug-likeness (QED) is 0.232. The van der Waals surface area contributed by atoms with E-state index in [4.69, 9.17) is 14.2 Å². The summed E-state index contributed by atoms with van der Waals surface area (Å²) in [6.45, 7) is 11.8. The van der Waals surface area contributed by atoms with Crippen molar-refractivity contribution in [2.75, 3.05) is 13.2 Å². The van der Waals surface area contributed by atoms with Gasteiger partial charge in [0, 0.05) is 12.8 Å². The number of carbonyl (C=O) groups is 4. The molecule has 0 radical (unpaired) electrons. The van der Waals surface area contributed by atoms with Crippen molar-refractivity contribution in [2.45, 2.75) is 129 Å². The monoisotopic (exact) mass is 780 g/mol. The minimum absolute atomic E-state index is 0.0356. The summed E-state index contributed by atoms with van der Waals surface area (Å²) in [6, 6.07) is 6.41. The van der Waals surface area contributed by atoms with Crippen LogP contribution in [0.2, 0.25) is 0 Å². The SMILES string of the molecule is CCOc1nnc(O[C@@H]2C[C@H]3C(=O)C[C@]4(C(=O)NS(=O)(=O)C5CC5)C[C@H]4/C=C\CC[C@@H](C)C[C@@H](CC)[C@H](CC(=O)OC(C)(C)C)C(=O)N3C2)c2ccccc12. The van der Waals surface area contributed by atoms with Crippen molar-refractivity contribution in [1.82, 2.24) is 19.8 Å². The van der Waals surface area contributed by atoms with Gasteiger partial charge >= 0.3 is 5.97 Å². The van der Waals surface area contributed by atoms with Crippen LogP contribution in [0.1, 0.15) is 106 Å². The highest BCUT2D eigenvalue weighted by atomic mass is 32.2. The Morgan fingerprint density at radius 2 is 1.71 bits per heavy atom. The fourth-order valence-corrected chi connectivity index (χ4v) is 9.73. The van der Waals surface area contributed by atoms with Gasteiger partial charge in [-0.2, -0.15) is 0 Å². The van der Waals surface area contributed by atoms with Crippen molar-refractivity contribution in [3.8, 4) is 11.8 Å². The minimum atomic E-state index is -3.86. The molecule has 2 amide bonds. The number of hydrogen-bond donors (Lipinski definition) is 1. The lowest BCUT2D eigenvalue weighted by Crippen LogP contribution is -2.48. The number of rotatable bonds is 10. The molecule has 1 N–H and O–H groups in total. The standard InChI is InChI=1S/C41H56N4O9S/c1-7-26-19-25(3)13-9-10-14-27-22-41(27,39(49)44-55(50,51)29-17-18-29)23-34(46)33-20-28(24-45(33)38(48)32(26)21-35(47)54-40(4,5)6)53-37-31-16-12-11-15-30(31)36(42-43-37)52-8-2/h10-12,14-16,25-29,32-33H,7-9,13,17-24H2,1-6H3,(H,44,49)/b14-10-/t25-,26-,27-,28-,32+,33+,41-/m1/s1. The number of aromatic nitrogens is 2. The molecule has 2 saturated carbocycles. The molecule has 7 atom stereocenters. The highest BCUT2D eigenvalue weighted by Gasteiger charge is 2.61. The number of benzene rings is 1. The van der Waals surface area contributed by atoms with Crippen LogP contribution in [0.5, 0.6) is 11.8 Å². The van der Waals surface area contributed by atoms with Gasteiger partial charge in [0.2, 0.25) is 33.6 Å². The summed E-state index contributed by atoms with van der Waals surface area (Å²) in [7, 11) is -3.86. The molecule has 1 saturated heterocycles. The first-order valence-electron chi connectivity index (χ1n) is 19.9. The van der Waals surface area contributed by atoms with Gasteiger partial charge < -0.3 is 19.1 Å². The van der Waals surface area contributed by atoms with E-state index in [-0.39, 0.29) is 61.1 Å². The number of ether oxygens (including phenoxy) is 3. The summed E-state index contributed by atoms with van der Waals surface area (Å²) in [5.41, 5.74) is -2.01. The molecule has 1 aromatic carbocycles. The van der Waals surface area contributed by atoms with Gasteiger partial charge in [-0.15, -0.1) is 10.2 Å². The summed E-state index contributed by atoms with van der Waals surface area (Å²) >= 11 is 0. The lowest BCUT2D eigenvalue weighted by molar-refractivity contribution is -0.160. The van der Waals surface area contributed by atoms with Crippen LogP contribution >= 0.6 is 0 Å². The number of carbonyl (C=O) groups excluding carboxylic acids is 4. The Bertz CT molecular complexity index is 1920. The molecular formula is C41H56N4O9S. The van der Waals surface area contributed by atoms with E-state index in [9.17, 15) is 27.6 Å². The van der Waals surface area contributed by atoms with E-state index >= 15 is 0 Å². The Morgan fingerprint density at radius 3 is 2.36 bits per heavy atom. The van der Waals surface area contributed by atoms with E-state index in [2.05, 4.69) is 21.8 Å². The summed E-state index contributed by atoms with van der Waals surface area (Å²) < 4.78 is 46.1. The second-order valence-corrected chi connectivity index (χ2v) is 18.9. The molecule has 2 aromatic rings. The van der Waals surface area contributed by atoms with Crippen LogP contribution in [0, 0.1) is 29.1 Å². The van der Waals surface area contributed by atoms with E-state index < -0.39 is 56.2 Å². The van der Waals surface area contributed by atoms with Crippen molar-refractivity contribution < 1.29 is 41.8 Å². The van der Waals surface area contributed by atoms with E-state index in [1.54, 1.807) is 20.8 Å². The third-order valence-corrected chi connectivity index (χ3v) is 13.3. The van der Waals surface area contributed by atoms with E-state index in [0.29, 0.717) is 55.4 Å². The van der Waals surface area contributed by atoms with E-state index in [1.807, 2.05) is 50.3 Å². The zero-order chi connectivity index (χ0) is 39.7. The van der Waals surface area contributed by atoms with Crippen molar-refractivity contribution >= 4 is 44.4 Å². The fraction of sp³-hybridized carbons (Fsp3) is 0.659. The molecule has 13 nitrogen and oxygen atoms in total. The molecule has 3 heterocycles. The maximum atomic E-state index is 15.0. The third-order valence-electron chi connectivity index (χ3n) is 11.5. The van der Waals surface area contributed by atoms with Gasteiger partial charge in [0.1, 0.15) is 11.7 Å². The van der Waals surface area contributed by atoms with Gasteiger partial charge in [0.15, 0.2) is 5.78 Å². The normalized spacial score (nSPS) is 29.7. The Kier molecular flexibility index (Phi) is 11.9. The summed E-state index contributed by atoms with van der Waals surface area (Å²) in [5, 5.41) is 9.35. The third kappa shape index (κ3) is 9.32. The number of amides is 2. The molecule has 4 aliphatic rings. The van der Waals surface area contributed by atoms with Gasteiger partial charge in [-0.05, 0) is 96.1 Å². The number of nitrogens with zero attached hydrogens (tertiary/aromatic N) is 3. The largest absolute Gasteiger partial charge is 0.476 e. The second-order valence-electron chi connectivity index (χ2n) is 17.0. The van der Waals surface area contributed by atoms with Crippen molar-refractivity contribution in [2.24, 2.45) is 29.1 Å². The molecule has 6 rings (SSSR count). The Balaban J connectivity index is 1.36. The Hall–Kier alpha value is -4.07.